The van der Waals surface area contributed by atoms with Gasteiger partial charge in [-0.05, 0) is 50.3 Å². The van der Waals surface area contributed by atoms with E-state index in [9.17, 15) is 27.2 Å². The van der Waals surface area contributed by atoms with Crippen LogP contribution in [0, 0.1) is 5.82 Å². The highest BCUT2D eigenvalue weighted by molar-refractivity contribution is 7.93. The van der Waals surface area contributed by atoms with Crippen LogP contribution >= 0.6 is 11.6 Å². The fourth-order valence-electron chi connectivity index (χ4n) is 3.79. The molecule has 1 aromatic carbocycles. The van der Waals surface area contributed by atoms with Gasteiger partial charge in [0.2, 0.25) is 10.0 Å². The second-order valence-corrected chi connectivity index (χ2v) is 9.76. The second-order valence-electron chi connectivity index (χ2n) is 7.31. The highest BCUT2D eigenvalue weighted by atomic mass is 35.5. The fourth-order valence-corrected chi connectivity index (χ4v) is 6.01. The van der Waals surface area contributed by atoms with Crippen LogP contribution in [0.1, 0.15) is 32.1 Å². The maximum Gasteiger partial charge on any atom is 0.412 e. The number of benzene rings is 1. The SMILES string of the molecule is O=CC1=CCCCC1S(=O)(=O)N(COC(=O)N1CCC[C@@H]1C=O)c1ccc(F)cc1Cl. The van der Waals surface area contributed by atoms with E-state index in [0.717, 1.165) is 16.4 Å². The quantitative estimate of drug-likeness (QED) is 0.446. The molecule has 0 bridgehead atoms. The van der Waals surface area contributed by atoms with E-state index in [1.54, 1.807) is 6.08 Å². The third-order valence-corrected chi connectivity index (χ3v) is 7.85. The Balaban J connectivity index is 1.92. The Kier molecular flexibility index (Phi) is 7.32. The maximum absolute atomic E-state index is 13.5. The Morgan fingerprint density at radius 1 is 1.29 bits per heavy atom. The van der Waals surface area contributed by atoms with Gasteiger partial charge >= 0.3 is 6.09 Å². The van der Waals surface area contributed by atoms with Gasteiger partial charge in [-0.3, -0.25) is 9.69 Å². The standard InChI is InChI=1S/C20H22ClFN2O6S/c21-17-10-15(22)7-8-18(17)24(13-30-20(27)23-9-3-5-16(23)12-26)31(28,29)19-6-2-1-4-14(19)11-25/h4,7-8,10-12,16,19H,1-3,5-6,9,13H2/t16-,19?/m1/s1. The predicted octanol–water partition coefficient (Wildman–Crippen LogP) is 3.05. The Morgan fingerprint density at radius 3 is 2.74 bits per heavy atom. The van der Waals surface area contributed by atoms with Crippen molar-refractivity contribution in [1.82, 2.24) is 4.90 Å². The van der Waals surface area contributed by atoms with E-state index in [2.05, 4.69) is 0 Å². The molecular weight excluding hydrogens is 451 g/mol. The number of halogens is 2. The van der Waals surface area contributed by atoms with Crippen molar-refractivity contribution >= 4 is 46.0 Å². The summed E-state index contributed by atoms with van der Waals surface area (Å²) in [4.78, 5) is 36.3. The minimum atomic E-state index is -4.25. The molecule has 2 aliphatic rings. The zero-order chi connectivity index (χ0) is 22.6. The lowest BCUT2D eigenvalue weighted by atomic mass is 10.0. The second kappa shape index (κ2) is 9.78. The fraction of sp³-hybridized carbons (Fsp3) is 0.450. The molecule has 1 unspecified atom stereocenters. The number of sulfonamides is 1. The van der Waals surface area contributed by atoms with Crippen molar-refractivity contribution in [1.29, 1.82) is 0 Å². The molecule has 1 heterocycles. The summed E-state index contributed by atoms with van der Waals surface area (Å²) in [6.45, 7) is -0.426. The highest BCUT2D eigenvalue weighted by Gasteiger charge is 2.38. The zero-order valence-corrected chi connectivity index (χ0v) is 18.1. The third kappa shape index (κ3) is 4.90. The highest BCUT2D eigenvalue weighted by Crippen LogP contribution is 2.34. The van der Waals surface area contributed by atoms with Gasteiger partial charge in [-0.2, -0.15) is 0 Å². The van der Waals surface area contributed by atoms with E-state index in [1.165, 1.54) is 11.0 Å². The number of likely N-dealkylation sites (tertiary alicyclic amines) is 1. The summed E-state index contributed by atoms with van der Waals surface area (Å²) in [6.07, 6.45) is 4.32. The average Bonchev–Trinajstić information content (AvgIpc) is 3.24. The number of carbonyl (C=O) groups excluding carboxylic acids is 3. The number of carbonyl (C=O) groups is 3. The van der Waals surface area contributed by atoms with Crippen molar-refractivity contribution in [3.05, 3.63) is 40.7 Å². The van der Waals surface area contributed by atoms with Crippen LogP contribution in [0.4, 0.5) is 14.9 Å². The molecule has 11 heteroatoms. The van der Waals surface area contributed by atoms with E-state index in [-0.39, 0.29) is 22.7 Å². The number of hydrogen-bond donors (Lipinski definition) is 0. The number of ether oxygens (including phenoxy) is 1. The van der Waals surface area contributed by atoms with E-state index < -0.39 is 40.0 Å². The normalized spacial score (nSPS) is 21.4. The topological polar surface area (TPSA) is 101 Å². The predicted molar refractivity (Wildman–Crippen MR) is 112 cm³/mol. The number of aldehydes is 2. The van der Waals surface area contributed by atoms with Crippen LogP contribution in [0.3, 0.4) is 0 Å². The third-order valence-electron chi connectivity index (χ3n) is 5.40. The number of nitrogens with zero attached hydrogens (tertiary/aromatic N) is 2. The molecule has 0 N–H and O–H groups in total. The molecule has 0 spiro atoms. The molecule has 1 saturated heterocycles. The summed E-state index contributed by atoms with van der Waals surface area (Å²) >= 11 is 6.10. The van der Waals surface area contributed by atoms with E-state index in [4.69, 9.17) is 16.3 Å². The van der Waals surface area contributed by atoms with Crippen molar-refractivity contribution in [2.45, 2.75) is 43.4 Å². The van der Waals surface area contributed by atoms with Crippen LogP contribution in [0.5, 0.6) is 0 Å². The lowest BCUT2D eigenvalue weighted by molar-refractivity contribution is -0.111. The Bertz CT molecular complexity index is 999. The molecule has 0 aromatic heterocycles. The number of allylic oxidation sites excluding steroid dienone is 1. The smallest absolute Gasteiger partial charge is 0.412 e. The van der Waals surface area contributed by atoms with Gasteiger partial charge in [0.15, 0.2) is 6.73 Å². The van der Waals surface area contributed by atoms with Crippen LogP contribution in [-0.4, -0.2) is 56.6 Å². The molecular formula is C20H22ClFN2O6S. The maximum atomic E-state index is 13.5. The Hall–Kier alpha value is -2.46. The molecule has 1 aliphatic heterocycles. The van der Waals surface area contributed by atoms with E-state index in [0.29, 0.717) is 44.8 Å². The summed E-state index contributed by atoms with van der Waals surface area (Å²) in [6, 6.07) is 2.52. The molecule has 8 nitrogen and oxygen atoms in total. The first kappa shape index (κ1) is 23.2. The van der Waals surface area contributed by atoms with Crippen LogP contribution < -0.4 is 4.31 Å². The van der Waals surface area contributed by atoms with Crippen molar-refractivity contribution in [2.75, 3.05) is 17.6 Å². The van der Waals surface area contributed by atoms with Gasteiger partial charge in [-0.15, -0.1) is 0 Å². The van der Waals surface area contributed by atoms with Crippen LogP contribution in [0.15, 0.2) is 29.8 Å². The van der Waals surface area contributed by atoms with Gasteiger partial charge in [0, 0.05) is 12.1 Å². The van der Waals surface area contributed by atoms with Crippen molar-refractivity contribution in [3.8, 4) is 0 Å². The van der Waals surface area contributed by atoms with Crippen LogP contribution in [0.2, 0.25) is 5.02 Å². The van der Waals surface area contributed by atoms with Gasteiger partial charge in [-0.25, -0.2) is 21.9 Å². The largest absolute Gasteiger partial charge is 0.427 e. The van der Waals surface area contributed by atoms with E-state index >= 15 is 0 Å². The summed E-state index contributed by atoms with van der Waals surface area (Å²) in [7, 11) is -4.25. The van der Waals surface area contributed by atoms with Crippen molar-refractivity contribution in [2.24, 2.45) is 0 Å². The van der Waals surface area contributed by atoms with Gasteiger partial charge in [0.25, 0.3) is 0 Å². The molecule has 1 aromatic rings. The molecule has 1 fully saturated rings. The minimum absolute atomic E-state index is 0.0833. The number of anilines is 1. The van der Waals surface area contributed by atoms with Gasteiger partial charge in [0.05, 0.1) is 16.8 Å². The van der Waals surface area contributed by atoms with Gasteiger partial charge < -0.3 is 9.53 Å². The lowest BCUT2D eigenvalue weighted by Gasteiger charge is -2.31. The Labute approximate surface area is 184 Å². The first-order valence-corrected chi connectivity index (χ1v) is 11.7. The number of hydrogen-bond acceptors (Lipinski definition) is 6. The van der Waals surface area contributed by atoms with E-state index in [1.807, 2.05) is 0 Å². The molecule has 3 rings (SSSR count). The molecule has 2 atom stereocenters. The summed E-state index contributed by atoms with van der Waals surface area (Å²) in [5.74, 6) is -0.667. The number of amides is 1. The van der Waals surface area contributed by atoms with Crippen LogP contribution in [0.25, 0.3) is 0 Å². The van der Waals surface area contributed by atoms with Crippen LogP contribution in [-0.2, 0) is 24.3 Å². The Morgan fingerprint density at radius 2 is 2.06 bits per heavy atom. The minimum Gasteiger partial charge on any atom is -0.427 e. The van der Waals surface area contributed by atoms with Gasteiger partial charge in [-0.1, -0.05) is 17.7 Å². The summed E-state index contributed by atoms with van der Waals surface area (Å²) < 4.78 is 46.5. The average molecular weight is 473 g/mol. The summed E-state index contributed by atoms with van der Waals surface area (Å²) in [5, 5.41) is -1.34. The number of rotatable bonds is 7. The molecule has 31 heavy (non-hydrogen) atoms. The molecule has 1 aliphatic carbocycles. The molecule has 168 valence electrons. The zero-order valence-electron chi connectivity index (χ0n) is 16.6. The first-order valence-electron chi connectivity index (χ1n) is 9.80. The lowest BCUT2D eigenvalue weighted by Crippen LogP contribution is -2.44. The molecule has 1 amide bonds. The van der Waals surface area contributed by atoms with Gasteiger partial charge in [0.1, 0.15) is 23.6 Å². The molecule has 0 radical (unpaired) electrons. The van der Waals surface area contributed by atoms with Crippen molar-refractivity contribution < 1.29 is 31.9 Å². The summed E-state index contributed by atoms with van der Waals surface area (Å²) in [5.41, 5.74) is 0.0291. The van der Waals surface area contributed by atoms with Crippen molar-refractivity contribution in [3.63, 3.8) is 0 Å². The first-order chi connectivity index (χ1) is 14.8. The molecule has 0 saturated carbocycles. The monoisotopic (exact) mass is 472 g/mol.